The average molecular weight is 282 g/mol. The summed E-state index contributed by atoms with van der Waals surface area (Å²) in [6.07, 6.45) is 19.3. The second kappa shape index (κ2) is 17.1. The third kappa shape index (κ3) is 14.4. The normalized spacial score (nSPS) is 10.9. The molecule has 0 heterocycles. The van der Waals surface area contributed by atoms with Crippen LogP contribution in [0, 0.1) is 0 Å². The molecule has 2 heteroatoms. The smallest absolute Gasteiger partial charge is 0.293 e. The Bertz CT molecular complexity index is 157. The second-order valence-corrected chi connectivity index (χ2v) is 6.19. The van der Waals surface area contributed by atoms with Crippen LogP contribution in [0.5, 0.6) is 0 Å². The van der Waals surface area contributed by atoms with E-state index in [0.717, 1.165) is 6.61 Å². The lowest BCUT2D eigenvalue weighted by atomic mass is 9.59. The maximum atomic E-state index is 5.90. The Morgan fingerprint density at radius 1 is 0.550 bits per heavy atom. The van der Waals surface area contributed by atoms with E-state index in [9.17, 15) is 0 Å². The van der Waals surface area contributed by atoms with Crippen molar-refractivity contribution in [3.05, 3.63) is 0 Å². The molecule has 0 amide bonds. The van der Waals surface area contributed by atoms with E-state index in [0.29, 0.717) is 6.92 Å². The zero-order valence-electron chi connectivity index (χ0n) is 14.6. The zero-order valence-corrected chi connectivity index (χ0v) is 14.6. The molecule has 0 atom stereocenters. The highest BCUT2D eigenvalue weighted by atomic mass is 16.4. The maximum absolute atomic E-state index is 5.90. The summed E-state index contributed by atoms with van der Waals surface area (Å²) >= 11 is 0. The lowest BCUT2D eigenvalue weighted by molar-refractivity contribution is 0.338. The minimum atomic E-state index is 0.539. The molecule has 0 saturated carbocycles. The van der Waals surface area contributed by atoms with Crippen LogP contribution in [0.2, 0.25) is 12.6 Å². The zero-order chi connectivity index (χ0) is 14.9. The van der Waals surface area contributed by atoms with E-state index in [4.69, 9.17) is 4.65 Å². The Labute approximate surface area is 129 Å². The molecular weight excluding hydrogens is 243 g/mol. The fourth-order valence-corrected chi connectivity index (χ4v) is 2.85. The van der Waals surface area contributed by atoms with Crippen molar-refractivity contribution in [2.45, 2.75) is 110 Å². The van der Waals surface area contributed by atoms with Crippen molar-refractivity contribution in [3.63, 3.8) is 0 Å². The van der Waals surface area contributed by atoms with Crippen LogP contribution in [-0.4, -0.2) is 13.5 Å². The summed E-state index contributed by atoms with van der Waals surface area (Å²) < 4.78 is 5.90. The predicted octanol–water partition coefficient (Wildman–Crippen LogP) is 6.74. The third-order valence-corrected chi connectivity index (χ3v) is 4.16. The SMILES string of the molecule is CCCCCCCCB(CCCCCCCC)OCC. The molecule has 0 bridgehead atoms. The molecule has 0 rings (SSSR count). The monoisotopic (exact) mass is 282 g/mol. The first-order valence-electron chi connectivity index (χ1n) is 9.46. The fourth-order valence-electron chi connectivity index (χ4n) is 2.85. The molecule has 20 heavy (non-hydrogen) atoms. The Hall–Kier alpha value is 0.0249. The van der Waals surface area contributed by atoms with Crippen molar-refractivity contribution in [2.24, 2.45) is 0 Å². The van der Waals surface area contributed by atoms with Gasteiger partial charge < -0.3 is 4.65 Å². The highest BCUT2D eigenvalue weighted by Gasteiger charge is 2.13. The van der Waals surface area contributed by atoms with Gasteiger partial charge in [-0.3, -0.25) is 0 Å². The van der Waals surface area contributed by atoms with Gasteiger partial charge >= 0.3 is 0 Å². The Balaban J connectivity index is 3.45. The summed E-state index contributed by atoms with van der Waals surface area (Å²) in [5.41, 5.74) is 0. The van der Waals surface area contributed by atoms with Crippen LogP contribution in [0.1, 0.15) is 97.8 Å². The number of rotatable bonds is 16. The van der Waals surface area contributed by atoms with E-state index >= 15 is 0 Å². The molecule has 0 aromatic carbocycles. The molecule has 0 aliphatic carbocycles. The van der Waals surface area contributed by atoms with Crippen molar-refractivity contribution in [1.29, 1.82) is 0 Å². The van der Waals surface area contributed by atoms with E-state index in [1.54, 1.807) is 0 Å². The summed E-state index contributed by atoms with van der Waals surface area (Å²) in [6, 6.07) is 0. The van der Waals surface area contributed by atoms with Crippen LogP contribution in [0.25, 0.3) is 0 Å². The van der Waals surface area contributed by atoms with E-state index in [-0.39, 0.29) is 0 Å². The Morgan fingerprint density at radius 3 is 1.35 bits per heavy atom. The molecule has 0 aliphatic heterocycles. The minimum absolute atomic E-state index is 0.539. The Kier molecular flexibility index (Phi) is 17.1. The topological polar surface area (TPSA) is 9.23 Å². The fraction of sp³-hybridized carbons (Fsp3) is 1.00. The molecular formula is C18H39BO. The summed E-state index contributed by atoms with van der Waals surface area (Å²) in [6.45, 7) is 8.13. The summed E-state index contributed by atoms with van der Waals surface area (Å²) in [4.78, 5) is 0. The van der Waals surface area contributed by atoms with Crippen LogP contribution in [-0.2, 0) is 4.65 Å². The van der Waals surface area contributed by atoms with Gasteiger partial charge in [0.1, 0.15) is 0 Å². The summed E-state index contributed by atoms with van der Waals surface area (Å²) in [5.74, 6) is 0. The van der Waals surface area contributed by atoms with Gasteiger partial charge in [-0.25, -0.2) is 0 Å². The molecule has 0 fully saturated rings. The van der Waals surface area contributed by atoms with Crippen LogP contribution in [0.3, 0.4) is 0 Å². The number of hydrogen-bond donors (Lipinski definition) is 0. The Morgan fingerprint density at radius 2 is 0.950 bits per heavy atom. The highest BCUT2D eigenvalue weighted by Crippen LogP contribution is 2.15. The molecule has 0 radical (unpaired) electrons. The molecule has 0 spiro atoms. The van der Waals surface area contributed by atoms with Crippen molar-refractivity contribution in [1.82, 2.24) is 0 Å². The van der Waals surface area contributed by atoms with Gasteiger partial charge in [-0.1, -0.05) is 90.9 Å². The van der Waals surface area contributed by atoms with E-state index in [2.05, 4.69) is 20.8 Å². The van der Waals surface area contributed by atoms with E-state index in [1.165, 1.54) is 89.7 Å². The lowest BCUT2D eigenvalue weighted by Gasteiger charge is -2.13. The van der Waals surface area contributed by atoms with Crippen molar-refractivity contribution < 1.29 is 4.65 Å². The molecule has 0 saturated heterocycles. The van der Waals surface area contributed by atoms with Crippen LogP contribution >= 0.6 is 0 Å². The van der Waals surface area contributed by atoms with Crippen LogP contribution < -0.4 is 0 Å². The van der Waals surface area contributed by atoms with Gasteiger partial charge in [0.25, 0.3) is 6.92 Å². The minimum Gasteiger partial charge on any atom is -0.436 e. The molecule has 120 valence electrons. The van der Waals surface area contributed by atoms with E-state index in [1.807, 2.05) is 0 Å². The molecule has 0 aromatic rings. The van der Waals surface area contributed by atoms with Gasteiger partial charge in [0.2, 0.25) is 0 Å². The van der Waals surface area contributed by atoms with Gasteiger partial charge in [-0.2, -0.15) is 0 Å². The summed E-state index contributed by atoms with van der Waals surface area (Å²) in [5, 5.41) is 0. The molecule has 0 unspecified atom stereocenters. The number of unbranched alkanes of at least 4 members (excludes halogenated alkanes) is 10. The average Bonchev–Trinajstić information content (AvgIpc) is 2.46. The molecule has 0 aliphatic rings. The summed E-state index contributed by atoms with van der Waals surface area (Å²) in [7, 11) is 0. The molecule has 0 aromatic heterocycles. The third-order valence-electron chi connectivity index (χ3n) is 4.16. The van der Waals surface area contributed by atoms with Crippen LogP contribution in [0.4, 0.5) is 0 Å². The lowest BCUT2D eigenvalue weighted by Crippen LogP contribution is -2.17. The first-order valence-corrected chi connectivity index (χ1v) is 9.46. The van der Waals surface area contributed by atoms with Gasteiger partial charge in [0.15, 0.2) is 0 Å². The van der Waals surface area contributed by atoms with Gasteiger partial charge in [-0.05, 0) is 19.6 Å². The van der Waals surface area contributed by atoms with Gasteiger partial charge in [-0.15, -0.1) is 0 Å². The van der Waals surface area contributed by atoms with Crippen molar-refractivity contribution in [3.8, 4) is 0 Å². The van der Waals surface area contributed by atoms with E-state index < -0.39 is 0 Å². The first kappa shape index (κ1) is 20.0. The molecule has 0 N–H and O–H groups in total. The van der Waals surface area contributed by atoms with Gasteiger partial charge in [0, 0.05) is 6.61 Å². The van der Waals surface area contributed by atoms with Crippen LogP contribution in [0.15, 0.2) is 0 Å². The predicted molar refractivity (Wildman–Crippen MR) is 93.7 cm³/mol. The highest BCUT2D eigenvalue weighted by molar-refractivity contribution is 6.51. The number of hydrogen-bond acceptors (Lipinski definition) is 1. The first-order chi connectivity index (χ1) is 9.85. The second-order valence-electron chi connectivity index (χ2n) is 6.19. The largest absolute Gasteiger partial charge is 0.436 e. The quantitative estimate of drug-likeness (QED) is 0.225. The van der Waals surface area contributed by atoms with Crippen molar-refractivity contribution >= 4 is 6.92 Å². The maximum Gasteiger partial charge on any atom is 0.293 e. The standard InChI is InChI=1S/C18H39BO/c1-4-7-9-11-13-15-17-19(20-6-3)18-16-14-12-10-8-5-2/h4-18H2,1-3H3. The molecule has 1 nitrogen and oxygen atoms in total. The van der Waals surface area contributed by atoms with Gasteiger partial charge in [0.05, 0.1) is 0 Å². The van der Waals surface area contributed by atoms with Crippen molar-refractivity contribution in [2.75, 3.05) is 6.61 Å².